The lowest BCUT2D eigenvalue weighted by Crippen LogP contribution is -2.37. The monoisotopic (exact) mass is 280 g/mol. The Hall–Kier alpha value is -1.69. The summed E-state index contributed by atoms with van der Waals surface area (Å²) in [6.07, 6.45) is 3.10. The predicted molar refractivity (Wildman–Crippen MR) is 78.8 cm³/mol. The molecule has 0 aromatic carbocycles. The summed E-state index contributed by atoms with van der Waals surface area (Å²) in [6, 6.07) is 0. The Labute approximate surface area is 120 Å². The van der Waals surface area contributed by atoms with Crippen LogP contribution < -0.4 is 5.32 Å². The number of aromatic nitrogens is 2. The molecule has 6 heteroatoms. The Morgan fingerprint density at radius 3 is 2.65 bits per heavy atom. The number of hydrogen-bond acceptors (Lipinski definition) is 5. The van der Waals surface area contributed by atoms with E-state index in [1.54, 1.807) is 18.2 Å². The van der Waals surface area contributed by atoms with Gasteiger partial charge in [0.1, 0.15) is 11.5 Å². The van der Waals surface area contributed by atoms with Crippen molar-refractivity contribution in [2.75, 3.05) is 38.7 Å². The summed E-state index contributed by atoms with van der Waals surface area (Å²) < 4.78 is 5.05. The molecule has 1 aromatic heterocycles. The third-order valence-electron chi connectivity index (χ3n) is 2.67. The number of carbonyl (C=O) groups is 1. The Balaban J connectivity index is 2.76. The smallest absolute Gasteiger partial charge is 0.274 e. The van der Waals surface area contributed by atoms with E-state index in [2.05, 4.69) is 29.1 Å². The zero-order valence-electron chi connectivity index (χ0n) is 12.7. The van der Waals surface area contributed by atoms with Gasteiger partial charge in [-0.3, -0.25) is 4.79 Å². The molecule has 0 radical (unpaired) electrons. The molecule has 0 aliphatic heterocycles. The van der Waals surface area contributed by atoms with E-state index in [1.165, 1.54) is 6.20 Å². The van der Waals surface area contributed by atoms with Crippen LogP contribution in [0.1, 0.15) is 31.3 Å². The summed E-state index contributed by atoms with van der Waals surface area (Å²) >= 11 is 0. The molecule has 0 atom stereocenters. The van der Waals surface area contributed by atoms with Crippen molar-refractivity contribution in [3.05, 3.63) is 18.1 Å². The fourth-order valence-corrected chi connectivity index (χ4v) is 1.79. The first-order chi connectivity index (χ1) is 9.58. The van der Waals surface area contributed by atoms with Crippen LogP contribution in [0, 0.1) is 5.92 Å². The van der Waals surface area contributed by atoms with E-state index >= 15 is 0 Å². The second-order valence-electron chi connectivity index (χ2n) is 4.96. The summed E-state index contributed by atoms with van der Waals surface area (Å²) in [5.41, 5.74) is 0.364. The van der Waals surface area contributed by atoms with E-state index in [1.807, 2.05) is 6.92 Å². The summed E-state index contributed by atoms with van der Waals surface area (Å²) in [4.78, 5) is 22.5. The van der Waals surface area contributed by atoms with E-state index in [-0.39, 0.29) is 5.91 Å². The van der Waals surface area contributed by atoms with Crippen molar-refractivity contribution in [2.24, 2.45) is 5.92 Å². The highest BCUT2D eigenvalue weighted by molar-refractivity contribution is 5.92. The Kier molecular flexibility index (Phi) is 6.93. The van der Waals surface area contributed by atoms with Crippen molar-refractivity contribution >= 4 is 11.7 Å². The summed E-state index contributed by atoms with van der Waals surface area (Å²) in [5, 5.41) is 3.05. The maximum Gasteiger partial charge on any atom is 0.274 e. The molecule has 1 N–H and O–H groups in total. The Bertz CT molecular complexity index is 406. The molecular weight excluding hydrogens is 256 g/mol. The molecule has 1 rings (SSSR count). The molecule has 0 fully saturated rings. The van der Waals surface area contributed by atoms with Gasteiger partial charge in [-0.15, -0.1) is 0 Å². The highest BCUT2D eigenvalue weighted by Gasteiger charge is 2.18. The third kappa shape index (κ3) is 5.13. The van der Waals surface area contributed by atoms with Crippen molar-refractivity contribution in [1.82, 2.24) is 14.9 Å². The average Bonchev–Trinajstić information content (AvgIpc) is 2.43. The van der Waals surface area contributed by atoms with Crippen LogP contribution in [-0.2, 0) is 4.74 Å². The van der Waals surface area contributed by atoms with E-state index in [0.29, 0.717) is 37.1 Å². The van der Waals surface area contributed by atoms with Crippen LogP contribution in [0.3, 0.4) is 0 Å². The number of methoxy groups -OCH3 is 1. The topological polar surface area (TPSA) is 67.4 Å². The van der Waals surface area contributed by atoms with Crippen molar-refractivity contribution in [3.63, 3.8) is 0 Å². The van der Waals surface area contributed by atoms with Crippen molar-refractivity contribution in [1.29, 1.82) is 0 Å². The van der Waals surface area contributed by atoms with E-state index in [9.17, 15) is 4.79 Å². The highest BCUT2D eigenvalue weighted by atomic mass is 16.5. The fourth-order valence-electron chi connectivity index (χ4n) is 1.79. The van der Waals surface area contributed by atoms with Crippen LogP contribution in [0.5, 0.6) is 0 Å². The minimum atomic E-state index is -0.105. The zero-order valence-corrected chi connectivity index (χ0v) is 12.7. The maximum absolute atomic E-state index is 12.4. The zero-order chi connectivity index (χ0) is 15.0. The lowest BCUT2D eigenvalue weighted by Gasteiger charge is -2.23. The molecule has 6 nitrogen and oxygen atoms in total. The number of carbonyl (C=O) groups excluding carboxylic acids is 1. The minimum Gasteiger partial charge on any atom is -0.383 e. The second kappa shape index (κ2) is 8.47. The first-order valence-electron chi connectivity index (χ1n) is 6.92. The normalized spacial score (nSPS) is 10.7. The first kappa shape index (κ1) is 16.4. The molecule has 20 heavy (non-hydrogen) atoms. The fraction of sp³-hybridized carbons (Fsp3) is 0.643. The van der Waals surface area contributed by atoms with Crippen LogP contribution in [0.2, 0.25) is 0 Å². The number of nitrogens with zero attached hydrogens (tertiary/aromatic N) is 3. The lowest BCUT2D eigenvalue weighted by molar-refractivity contribution is 0.0666. The number of nitrogens with one attached hydrogen (secondary N) is 1. The van der Waals surface area contributed by atoms with Gasteiger partial charge in [-0.05, 0) is 12.8 Å². The average molecular weight is 280 g/mol. The van der Waals surface area contributed by atoms with E-state index < -0.39 is 0 Å². The van der Waals surface area contributed by atoms with Crippen molar-refractivity contribution in [3.8, 4) is 0 Å². The van der Waals surface area contributed by atoms with Crippen LogP contribution in [0.15, 0.2) is 12.4 Å². The highest BCUT2D eigenvalue weighted by Crippen LogP contribution is 2.07. The molecule has 1 aromatic rings. The maximum atomic E-state index is 12.4. The molecule has 0 saturated heterocycles. The predicted octanol–water partition coefficient (Wildman–Crippen LogP) is 1.65. The van der Waals surface area contributed by atoms with E-state index in [4.69, 9.17) is 4.74 Å². The Morgan fingerprint density at radius 1 is 1.40 bits per heavy atom. The van der Waals surface area contributed by atoms with Gasteiger partial charge in [0.15, 0.2) is 0 Å². The van der Waals surface area contributed by atoms with Gasteiger partial charge in [-0.1, -0.05) is 13.8 Å². The quantitative estimate of drug-likeness (QED) is 0.784. The van der Waals surface area contributed by atoms with Crippen LogP contribution >= 0.6 is 0 Å². The molecule has 0 saturated carbocycles. The summed E-state index contributed by atoms with van der Waals surface area (Å²) in [7, 11) is 1.63. The molecule has 1 heterocycles. The number of hydrogen-bond donors (Lipinski definition) is 1. The molecule has 0 aliphatic rings. The molecule has 0 spiro atoms. The van der Waals surface area contributed by atoms with Gasteiger partial charge in [-0.2, -0.15) is 0 Å². The van der Waals surface area contributed by atoms with Crippen LogP contribution in [0.25, 0.3) is 0 Å². The van der Waals surface area contributed by atoms with Gasteiger partial charge in [0, 0.05) is 26.7 Å². The summed E-state index contributed by atoms with van der Waals surface area (Å²) in [5.74, 6) is 0.965. The lowest BCUT2D eigenvalue weighted by atomic mass is 10.2. The van der Waals surface area contributed by atoms with Gasteiger partial charge < -0.3 is 15.0 Å². The number of ether oxygens (including phenoxy) is 1. The molecular formula is C14H24N4O2. The number of amides is 1. The van der Waals surface area contributed by atoms with Crippen LogP contribution in [0.4, 0.5) is 5.82 Å². The molecule has 112 valence electrons. The first-order valence-corrected chi connectivity index (χ1v) is 6.92. The Morgan fingerprint density at radius 2 is 2.15 bits per heavy atom. The molecule has 0 aliphatic carbocycles. The van der Waals surface area contributed by atoms with Crippen molar-refractivity contribution in [2.45, 2.75) is 20.8 Å². The second-order valence-corrected chi connectivity index (χ2v) is 4.96. The molecule has 0 unspecified atom stereocenters. The van der Waals surface area contributed by atoms with Gasteiger partial charge in [-0.25, -0.2) is 9.97 Å². The van der Waals surface area contributed by atoms with Gasteiger partial charge in [0.25, 0.3) is 5.91 Å². The largest absolute Gasteiger partial charge is 0.383 e. The standard InChI is InChI=1S/C14H24N4O2/c1-5-15-13-9-16-12(8-17-13)14(19)18(6-7-20-4)10-11(2)3/h8-9,11H,5-7,10H2,1-4H3,(H,15,17). The van der Waals surface area contributed by atoms with Gasteiger partial charge >= 0.3 is 0 Å². The summed E-state index contributed by atoms with van der Waals surface area (Å²) in [6.45, 7) is 8.66. The number of anilines is 1. The van der Waals surface area contributed by atoms with Crippen molar-refractivity contribution < 1.29 is 9.53 Å². The van der Waals surface area contributed by atoms with Gasteiger partial charge in [0.05, 0.1) is 19.0 Å². The SMILES string of the molecule is CCNc1cnc(C(=O)N(CCOC)CC(C)C)cn1. The minimum absolute atomic E-state index is 0.105. The third-order valence-corrected chi connectivity index (χ3v) is 2.67. The number of rotatable bonds is 8. The van der Waals surface area contributed by atoms with Crippen LogP contribution in [-0.4, -0.2) is 54.1 Å². The van der Waals surface area contributed by atoms with E-state index in [0.717, 1.165) is 6.54 Å². The van der Waals surface area contributed by atoms with Gasteiger partial charge in [0.2, 0.25) is 0 Å². The molecule has 0 bridgehead atoms. The molecule has 1 amide bonds.